The number of rotatable bonds is 7. The third kappa shape index (κ3) is 7.43. The molecular formula is C28H40ClN7O. The van der Waals surface area contributed by atoms with Gasteiger partial charge in [0.1, 0.15) is 17.8 Å². The first-order chi connectivity index (χ1) is 18.0. The van der Waals surface area contributed by atoms with Gasteiger partial charge in [0.15, 0.2) is 0 Å². The first-order valence-electron chi connectivity index (χ1n) is 13.5. The van der Waals surface area contributed by atoms with Crippen molar-refractivity contribution in [3.8, 4) is 0 Å². The molecule has 5 rings (SSSR count). The molecule has 2 aromatic heterocycles. The van der Waals surface area contributed by atoms with E-state index in [-0.39, 0.29) is 5.91 Å². The van der Waals surface area contributed by atoms with Gasteiger partial charge in [-0.3, -0.25) is 4.79 Å². The number of carbonyl (C=O) groups is 1. The fourth-order valence-corrected chi connectivity index (χ4v) is 5.31. The minimum absolute atomic E-state index is 0.0127. The molecule has 200 valence electrons. The van der Waals surface area contributed by atoms with Crippen LogP contribution in [0.4, 0.5) is 5.82 Å². The molecule has 1 aromatic carbocycles. The second-order valence-corrected chi connectivity index (χ2v) is 10.6. The van der Waals surface area contributed by atoms with Gasteiger partial charge in [-0.15, -0.1) is 0 Å². The number of hydrogen-bond donors (Lipinski definition) is 3. The van der Waals surface area contributed by atoms with Crippen molar-refractivity contribution in [1.82, 2.24) is 25.2 Å². The number of nitrogens with two attached hydrogens (primary N) is 1. The minimum atomic E-state index is -0.791. The van der Waals surface area contributed by atoms with Crippen molar-refractivity contribution in [2.75, 3.05) is 44.2 Å². The molecule has 0 radical (unpaired) electrons. The van der Waals surface area contributed by atoms with Crippen LogP contribution in [-0.2, 0) is 4.79 Å². The van der Waals surface area contributed by atoms with Gasteiger partial charge in [-0.2, -0.15) is 0 Å². The number of nitrogens with zero attached hydrogens (tertiary/aromatic N) is 4. The summed E-state index contributed by atoms with van der Waals surface area (Å²) in [6.45, 7) is 7.87. The summed E-state index contributed by atoms with van der Waals surface area (Å²) in [4.78, 5) is 29.3. The number of H-pyrrole nitrogens is 1. The van der Waals surface area contributed by atoms with Gasteiger partial charge in [0.05, 0.1) is 10.9 Å². The van der Waals surface area contributed by atoms with E-state index in [1.54, 1.807) is 6.33 Å². The van der Waals surface area contributed by atoms with Crippen LogP contribution < -0.4 is 16.0 Å². The summed E-state index contributed by atoms with van der Waals surface area (Å²) in [6.07, 6.45) is 9.61. The highest BCUT2D eigenvalue weighted by atomic mass is 35.5. The van der Waals surface area contributed by atoms with Crippen molar-refractivity contribution >= 4 is 34.4 Å². The Bertz CT molecular complexity index is 1110. The largest absolute Gasteiger partial charge is 0.356 e. The number of hydrogen-bond acceptors (Lipinski definition) is 6. The van der Waals surface area contributed by atoms with Crippen LogP contribution >= 0.6 is 11.6 Å². The predicted molar refractivity (Wildman–Crippen MR) is 151 cm³/mol. The summed E-state index contributed by atoms with van der Waals surface area (Å²) in [5.41, 5.74) is 6.55. The average molecular weight is 526 g/mol. The molecule has 4 heterocycles. The molecule has 3 aromatic rings. The van der Waals surface area contributed by atoms with E-state index in [9.17, 15) is 4.79 Å². The third-order valence-electron chi connectivity index (χ3n) is 7.69. The number of amides is 1. The standard InChI is InChI=1S/C22H35N7O.C6H5Cl/c1-2-17-5-12-28(13-6-17)11-3-9-25-21(30)22(23)7-14-29(15-8-22)20-18-4-10-24-19(18)26-16-27-20;7-6-4-2-1-3-5-6/h4,10,16-17H,2-3,5-9,11-15,23H2,1H3,(H,25,30)(H,24,26,27);1-5H. The summed E-state index contributed by atoms with van der Waals surface area (Å²) < 4.78 is 0. The summed E-state index contributed by atoms with van der Waals surface area (Å²) in [6, 6.07) is 11.4. The number of nitrogens with one attached hydrogen (secondary N) is 2. The molecule has 0 spiro atoms. The van der Waals surface area contributed by atoms with Crippen molar-refractivity contribution in [1.29, 1.82) is 0 Å². The van der Waals surface area contributed by atoms with Gasteiger partial charge in [-0.05, 0) is 75.9 Å². The summed E-state index contributed by atoms with van der Waals surface area (Å²) in [5.74, 6) is 1.80. The lowest BCUT2D eigenvalue weighted by Crippen LogP contribution is -2.60. The van der Waals surface area contributed by atoms with Gasteiger partial charge in [0, 0.05) is 30.9 Å². The van der Waals surface area contributed by atoms with E-state index in [0.29, 0.717) is 32.5 Å². The average Bonchev–Trinajstić information content (AvgIpc) is 3.42. The lowest BCUT2D eigenvalue weighted by Gasteiger charge is -2.38. The van der Waals surface area contributed by atoms with Crippen LogP contribution in [0.5, 0.6) is 0 Å². The molecule has 8 nitrogen and oxygen atoms in total. The number of likely N-dealkylation sites (tertiary alicyclic amines) is 1. The molecule has 9 heteroatoms. The normalized spacial score (nSPS) is 18.3. The van der Waals surface area contributed by atoms with Gasteiger partial charge in [-0.1, -0.05) is 43.1 Å². The number of fused-ring (bicyclic) bond motifs is 1. The van der Waals surface area contributed by atoms with E-state index >= 15 is 0 Å². The molecule has 4 N–H and O–H groups in total. The molecule has 2 aliphatic heterocycles. The maximum atomic E-state index is 12.8. The number of anilines is 1. The van der Waals surface area contributed by atoms with Crippen molar-refractivity contribution in [2.24, 2.45) is 11.7 Å². The summed E-state index contributed by atoms with van der Waals surface area (Å²) in [7, 11) is 0. The number of halogens is 1. The smallest absolute Gasteiger partial charge is 0.240 e. The fraction of sp³-hybridized carbons (Fsp3) is 0.536. The highest BCUT2D eigenvalue weighted by Gasteiger charge is 2.38. The molecule has 2 fully saturated rings. The number of benzene rings is 1. The summed E-state index contributed by atoms with van der Waals surface area (Å²) >= 11 is 5.54. The SMILES string of the molecule is CCC1CCN(CCCNC(=O)C2(N)CCN(c3ncnc4[nH]ccc34)CC2)CC1.Clc1ccccc1. The van der Waals surface area contributed by atoms with Crippen molar-refractivity contribution in [2.45, 2.75) is 51.0 Å². The molecule has 1 amide bonds. The zero-order valence-corrected chi connectivity index (χ0v) is 22.6. The molecular weight excluding hydrogens is 486 g/mol. The Hall–Kier alpha value is -2.68. The van der Waals surface area contributed by atoms with E-state index in [1.807, 2.05) is 42.6 Å². The van der Waals surface area contributed by atoms with Crippen molar-refractivity contribution in [3.05, 3.63) is 53.9 Å². The van der Waals surface area contributed by atoms with Crippen LogP contribution in [0.15, 0.2) is 48.9 Å². The number of piperidine rings is 2. The first kappa shape index (κ1) is 27.4. The molecule has 2 aliphatic rings. The van der Waals surface area contributed by atoms with Crippen molar-refractivity contribution < 1.29 is 4.79 Å². The quantitative estimate of drug-likeness (QED) is 0.399. The first-order valence-corrected chi connectivity index (χ1v) is 13.9. The van der Waals surface area contributed by atoms with Crippen LogP contribution in [0, 0.1) is 5.92 Å². The fourth-order valence-electron chi connectivity index (χ4n) is 5.17. The minimum Gasteiger partial charge on any atom is -0.356 e. The van der Waals surface area contributed by atoms with E-state index in [2.05, 4.69) is 37.0 Å². The molecule has 0 unspecified atom stereocenters. The van der Waals surface area contributed by atoms with Gasteiger partial charge in [0.25, 0.3) is 0 Å². The number of aromatic nitrogens is 3. The Labute approximate surface area is 225 Å². The molecule has 0 saturated carbocycles. The van der Waals surface area contributed by atoms with Crippen LogP contribution in [0.3, 0.4) is 0 Å². The zero-order valence-electron chi connectivity index (χ0n) is 21.8. The Morgan fingerprint density at radius 2 is 1.86 bits per heavy atom. The number of carbonyl (C=O) groups excluding carboxylic acids is 1. The van der Waals surface area contributed by atoms with E-state index < -0.39 is 5.54 Å². The van der Waals surface area contributed by atoms with Gasteiger partial charge in [0.2, 0.25) is 5.91 Å². The third-order valence-corrected chi connectivity index (χ3v) is 7.95. The second kappa shape index (κ2) is 13.2. The predicted octanol–water partition coefficient (Wildman–Crippen LogP) is 4.22. The topological polar surface area (TPSA) is 103 Å². The van der Waals surface area contributed by atoms with Crippen LogP contribution in [0.2, 0.25) is 5.02 Å². The highest BCUT2D eigenvalue weighted by Crippen LogP contribution is 2.28. The highest BCUT2D eigenvalue weighted by molar-refractivity contribution is 6.30. The second-order valence-electron chi connectivity index (χ2n) is 10.2. The molecule has 0 aliphatic carbocycles. The van der Waals surface area contributed by atoms with Gasteiger partial charge < -0.3 is 25.8 Å². The maximum absolute atomic E-state index is 12.8. The molecule has 37 heavy (non-hydrogen) atoms. The summed E-state index contributed by atoms with van der Waals surface area (Å²) in [5, 5.41) is 4.90. The monoisotopic (exact) mass is 525 g/mol. The maximum Gasteiger partial charge on any atom is 0.240 e. The van der Waals surface area contributed by atoms with Crippen LogP contribution in [0.25, 0.3) is 11.0 Å². The Morgan fingerprint density at radius 1 is 1.14 bits per heavy atom. The Morgan fingerprint density at radius 3 is 2.51 bits per heavy atom. The lowest BCUT2D eigenvalue weighted by atomic mass is 9.87. The van der Waals surface area contributed by atoms with Gasteiger partial charge in [-0.25, -0.2) is 9.97 Å². The Kier molecular flexibility index (Phi) is 9.77. The lowest BCUT2D eigenvalue weighted by molar-refractivity contribution is -0.127. The van der Waals surface area contributed by atoms with Crippen LogP contribution in [-0.4, -0.2) is 70.6 Å². The van der Waals surface area contributed by atoms with E-state index in [0.717, 1.165) is 40.8 Å². The van der Waals surface area contributed by atoms with Crippen molar-refractivity contribution in [3.63, 3.8) is 0 Å². The van der Waals surface area contributed by atoms with E-state index in [4.69, 9.17) is 17.3 Å². The zero-order chi connectivity index (χ0) is 26.1. The van der Waals surface area contributed by atoms with Gasteiger partial charge >= 0.3 is 0 Å². The molecule has 0 atom stereocenters. The van der Waals surface area contributed by atoms with E-state index in [1.165, 1.54) is 32.4 Å². The molecule has 2 saturated heterocycles. The van der Waals surface area contributed by atoms with Crippen LogP contribution in [0.1, 0.15) is 45.4 Å². The Balaban J connectivity index is 0.000000396. The number of aromatic amines is 1. The molecule has 0 bridgehead atoms.